The normalized spacial score (nSPS) is 12.5. The van der Waals surface area contributed by atoms with E-state index in [1.165, 1.54) is 0 Å². The van der Waals surface area contributed by atoms with Crippen molar-refractivity contribution in [3.8, 4) is 0 Å². The molecule has 7 nitrogen and oxygen atoms in total. The van der Waals surface area contributed by atoms with E-state index >= 15 is 0 Å². The lowest BCUT2D eigenvalue weighted by Gasteiger charge is -2.26. The summed E-state index contributed by atoms with van der Waals surface area (Å²) >= 11 is 0. The second-order valence-electron chi connectivity index (χ2n) is 6.79. The van der Waals surface area contributed by atoms with Gasteiger partial charge in [-0.05, 0) is 24.0 Å². The van der Waals surface area contributed by atoms with Crippen LogP contribution in [0, 0.1) is 23.5 Å². The summed E-state index contributed by atoms with van der Waals surface area (Å²) in [6, 6.07) is 1.29. The molecule has 0 atom stereocenters. The highest BCUT2D eigenvalue weighted by Gasteiger charge is 2.38. The van der Waals surface area contributed by atoms with Crippen LogP contribution in [-0.4, -0.2) is 41.4 Å². The molecule has 0 unspecified atom stereocenters. The molecule has 0 aliphatic carbocycles. The van der Waals surface area contributed by atoms with Gasteiger partial charge in [-0.15, -0.1) is 0 Å². The quantitative estimate of drug-likeness (QED) is 0.592. The van der Waals surface area contributed by atoms with Gasteiger partial charge in [0.15, 0.2) is 5.82 Å². The first kappa shape index (κ1) is 23.3. The average Bonchev–Trinajstić information content (AvgIpc) is 2.46. The molecule has 0 heterocycles. The maximum atomic E-state index is 14.8. The molecule has 11 heteroatoms. The number of hydrogen-bond donors (Lipinski definition) is 0. The number of anilines is 1. The Morgan fingerprint density at radius 2 is 1.44 bits per heavy atom. The first-order valence-corrected chi connectivity index (χ1v) is 11.3. The number of halogens is 2. The molecule has 0 bridgehead atoms. The van der Waals surface area contributed by atoms with Crippen molar-refractivity contribution in [3.05, 3.63) is 29.3 Å². The van der Waals surface area contributed by atoms with Gasteiger partial charge in [0.25, 0.3) is 0 Å². The zero-order valence-electron chi connectivity index (χ0n) is 15.7. The Kier molecular flexibility index (Phi) is 7.34. The highest BCUT2D eigenvalue weighted by molar-refractivity contribution is 8.10. The van der Waals surface area contributed by atoms with E-state index < -0.39 is 72.2 Å². The Balaban J connectivity index is 3.80. The van der Waals surface area contributed by atoms with Crippen LogP contribution in [0.1, 0.15) is 38.1 Å². The molecule has 0 radical (unpaired) electrons. The summed E-state index contributed by atoms with van der Waals surface area (Å²) in [6.45, 7) is 6.19. The van der Waals surface area contributed by atoms with E-state index in [4.69, 9.17) is 0 Å². The molecule has 1 aromatic carbocycles. The number of hydrogen-bond acceptors (Lipinski definition) is 6. The minimum Gasteiger partial charge on any atom is -0.465 e. The zero-order chi connectivity index (χ0) is 21.2. The first-order valence-electron chi connectivity index (χ1n) is 8.06. The third-order valence-corrected chi connectivity index (χ3v) is 8.19. The lowest BCUT2D eigenvalue weighted by atomic mass is 10.2. The van der Waals surface area contributed by atoms with Crippen molar-refractivity contribution in [1.29, 1.82) is 0 Å². The Morgan fingerprint density at radius 3 is 1.81 bits per heavy atom. The van der Waals surface area contributed by atoms with E-state index in [0.717, 1.165) is 7.11 Å². The molecule has 0 aromatic heterocycles. The van der Waals surface area contributed by atoms with Gasteiger partial charge in [-0.2, -0.15) is 3.71 Å². The standard InChI is InChI=1S/C16H23F2NO6S2/c1-10(2)8-26(21,22)19(27(23,24)9-11(3)4)13-7-6-12(17)14(15(13)18)16(20)25-5/h6-7,10-11H,8-9H2,1-5H3. The molecule has 154 valence electrons. The van der Waals surface area contributed by atoms with E-state index in [-0.39, 0.29) is 3.71 Å². The number of esters is 1. The smallest absolute Gasteiger partial charge is 0.343 e. The minimum absolute atomic E-state index is 0.0405. The van der Waals surface area contributed by atoms with Crippen LogP contribution in [0.4, 0.5) is 14.5 Å². The topological polar surface area (TPSA) is 97.8 Å². The third kappa shape index (κ3) is 5.38. The maximum absolute atomic E-state index is 14.8. The van der Waals surface area contributed by atoms with Gasteiger partial charge in [0.2, 0.25) is 20.0 Å². The van der Waals surface area contributed by atoms with E-state index in [2.05, 4.69) is 4.74 Å². The maximum Gasteiger partial charge on any atom is 0.343 e. The number of rotatable bonds is 8. The molecule has 1 aromatic rings. The molecule has 0 aliphatic rings. The number of methoxy groups -OCH3 is 1. The average molecular weight is 427 g/mol. The molecule has 0 spiro atoms. The summed E-state index contributed by atoms with van der Waals surface area (Å²) in [7, 11) is -8.18. The van der Waals surface area contributed by atoms with Gasteiger partial charge in [-0.3, -0.25) is 0 Å². The van der Waals surface area contributed by atoms with Crippen molar-refractivity contribution in [3.63, 3.8) is 0 Å². The summed E-state index contributed by atoms with van der Waals surface area (Å²) in [5.74, 6) is -6.42. The zero-order valence-corrected chi connectivity index (χ0v) is 17.3. The highest BCUT2D eigenvalue weighted by Crippen LogP contribution is 2.31. The molecule has 27 heavy (non-hydrogen) atoms. The van der Waals surface area contributed by atoms with Crippen molar-refractivity contribution in [2.24, 2.45) is 11.8 Å². The van der Waals surface area contributed by atoms with Gasteiger partial charge < -0.3 is 4.74 Å². The van der Waals surface area contributed by atoms with E-state index in [1.807, 2.05) is 0 Å². The number of nitrogens with zero attached hydrogens (tertiary/aromatic N) is 1. The van der Waals surface area contributed by atoms with Gasteiger partial charge in [-0.25, -0.2) is 30.4 Å². The molecule has 0 saturated carbocycles. The first-order chi connectivity index (χ1) is 12.2. The highest BCUT2D eigenvalue weighted by atomic mass is 32.3. The van der Waals surface area contributed by atoms with Crippen molar-refractivity contribution in [2.75, 3.05) is 22.3 Å². The molecular formula is C16H23F2NO6S2. The largest absolute Gasteiger partial charge is 0.465 e. The fourth-order valence-corrected chi connectivity index (χ4v) is 7.01. The monoisotopic (exact) mass is 427 g/mol. The predicted octanol–water partition coefficient (Wildman–Crippen LogP) is 2.53. The van der Waals surface area contributed by atoms with E-state index in [0.29, 0.717) is 12.1 Å². The lowest BCUT2D eigenvalue weighted by Crippen LogP contribution is -2.42. The van der Waals surface area contributed by atoms with E-state index in [1.54, 1.807) is 27.7 Å². The number of ether oxygens (including phenoxy) is 1. The van der Waals surface area contributed by atoms with Crippen LogP contribution in [0.25, 0.3) is 0 Å². The Bertz CT molecular complexity index is 871. The predicted molar refractivity (Wildman–Crippen MR) is 97.4 cm³/mol. The Labute approximate surface area is 158 Å². The van der Waals surface area contributed by atoms with Crippen LogP contribution in [0.15, 0.2) is 12.1 Å². The minimum atomic E-state index is -4.53. The van der Waals surface area contributed by atoms with Crippen LogP contribution >= 0.6 is 0 Å². The number of sulfonamides is 2. The third-order valence-electron chi connectivity index (χ3n) is 3.25. The Morgan fingerprint density at radius 1 is 1.00 bits per heavy atom. The molecular weight excluding hydrogens is 404 g/mol. The SMILES string of the molecule is COC(=O)c1c(F)ccc(N(S(=O)(=O)CC(C)C)S(=O)(=O)CC(C)C)c1F. The van der Waals surface area contributed by atoms with Crippen molar-refractivity contribution in [2.45, 2.75) is 27.7 Å². The summed E-state index contributed by atoms with van der Waals surface area (Å²) in [6.07, 6.45) is 0. The van der Waals surface area contributed by atoms with Crippen molar-refractivity contribution >= 4 is 31.7 Å². The van der Waals surface area contributed by atoms with Gasteiger partial charge >= 0.3 is 5.97 Å². The second kappa shape index (κ2) is 8.51. The number of carbonyl (C=O) groups excluding carboxylic acids is 1. The fraction of sp³-hybridized carbons (Fsp3) is 0.562. The summed E-state index contributed by atoms with van der Waals surface area (Å²) in [4.78, 5) is 11.7. The van der Waals surface area contributed by atoms with Crippen LogP contribution in [-0.2, 0) is 24.8 Å². The molecule has 0 N–H and O–H groups in total. The van der Waals surface area contributed by atoms with Crippen LogP contribution < -0.4 is 3.71 Å². The molecule has 0 amide bonds. The van der Waals surface area contributed by atoms with Gasteiger partial charge in [0.1, 0.15) is 17.1 Å². The van der Waals surface area contributed by atoms with E-state index in [9.17, 15) is 30.4 Å². The van der Waals surface area contributed by atoms with Crippen molar-refractivity contribution < 1.29 is 35.1 Å². The van der Waals surface area contributed by atoms with Gasteiger partial charge in [-0.1, -0.05) is 27.7 Å². The number of benzene rings is 1. The lowest BCUT2D eigenvalue weighted by molar-refractivity contribution is 0.0590. The summed E-state index contributed by atoms with van der Waals surface area (Å²) in [5.41, 5.74) is -2.11. The number of carbonyl (C=O) groups is 1. The molecule has 0 aliphatic heterocycles. The van der Waals surface area contributed by atoms with Crippen LogP contribution in [0.2, 0.25) is 0 Å². The summed E-state index contributed by atoms with van der Waals surface area (Å²) in [5, 5.41) is 0. The Hall–Kier alpha value is -1.75. The van der Waals surface area contributed by atoms with Gasteiger partial charge in [0.05, 0.1) is 18.6 Å². The second-order valence-corrected chi connectivity index (χ2v) is 10.7. The molecule has 0 fully saturated rings. The van der Waals surface area contributed by atoms with Crippen molar-refractivity contribution in [1.82, 2.24) is 0 Å². The van der Waals surface area contributed by atoms with Crippen LogP contribution in [0.3, 0.4) is 0 Å². The summed E-state index contributed by atoms with van der Waals surface area (Å²) < 4.78 is 83.9. The fourth-order valence-electron chi connectivity index (χ4n) is 2.42. The molecule has 0 saturated heterocycles. The van der Waals surface area contributed by atoms with Gasteiger partial charge in [0, 0.05) is 0 Å². The molecule has 1 rings (SSSR count). The van der Waals surface area contributed by atoms with Crippen LogP contribution in [0.5, 0.6) is 0 Å².